The van der Waals surface area contributed by atoms with Crippen LogP contribution in [-0.2, 0) is 14.3 Å². The van der Waals surface area contributed by atoms with Gasteiger partial charge in [0.2, 0.25) is 0 Å². The molecular weight excluding hydrogens is 216 g/mol. The smallest absolute Gasteiger partial charge is 0.194 e. The second-order valence-corrected chi connectivity index (χ2v) is 5.97. The van der Waals surface area contributed by atoms with Crippen molar-refractivity contribution < 1.29 is 14.3 Å². The van der Waals surface area contributed by atoms with Crippen molar-refractivity contribution in [2.24, 2.45) is 5.41 Å². The number of carbonyl (C=O) groups excluding carboxylic acids is 2. The van der Waals surface area contributed by atoms with E-state index in [0.29, 0.717) is 0 Å². The first kappa shape index (κ1) is 12.2. The van der Waals surface area contributed by atoms with Gasteiger partial charge in [0.25, 0.3) is 0 Å². The van der Waals surface area contributed by atoms with E-state index in [1.54, 1.807) is 6.92 Å². The van der Waals surface area contributed by atoms with E-state index in [4.69, 9.17) is 4.74 Å². The van der Waals surface area contributed by atoms with Gasteiger partial charge in [-0.2, -0.15) is 0 Å². The number of hydrogen-bond donors (Lipinski definition) is 0. The van der Waals surface area contributed by atoms with Gasteiger partial charge in [0.1, 0.15) is 0 Å². The number of hydrogen-bond acceptors (Lipinski definition) is 3. The normalized spacial score (nSPS) is 36.1. The molecule has 92 valence electrons. The number of ether oxygens (including phenoxy) is 1. The average Bonchev–Trinajstić information content (AvgIpc) is 2.78. The van der Waals surface area contributed by atoms with Crippen molar-refractivity contribution in [1.29, 1.82) is 0 Å². The fraction of sp³-hybridized carbons (Fsp3) is 0.571. The number of allylic oxidation sites excluding steroid dienone is 2. The SMILES string of the molecule is CC(=O)[C@]1(C)OC12C=C(C(C)(C)C)C=CC2=O. The third-order valence-electron chi connectivity index (χ3n) is 3.71. The van der Waals surface area contributed by atoms with Gasteiger partial charge in [-0.1, -0.05) is 26.8 Å². The molecule has 2 rings (SSSR count). The lowest BCUT2D eigenvalue weighted by atomic mass is 9.76. The summed E-state index contributed by atoms with van der Waals surface area (Å²) in [5.41, 5.74) is -1.06. The van der Waals surface area contributed by atoms with Gasteiger partial charge in [0.15, 0.2) is 22.8 Å². The molecule has 17 heavy (non-hydrogen) atoms. The van der Waals surface area contributed by atoms with E-state index >= 15 is 0 Å². The van der Waals surface area contributed by atoms with Crippen LogP contribution in [0.3, 0.4) is 0 Å². The first-order chi connectivity index (χ1) is 7.63. The summed E-state index contributed by atoms with van der Waals surface area (Å²) in [7, 11) is 0. The molecule has 1 fully saturated rings. The van der Waals surface area contributed by atoms with Gasteiger partial charge >= 0.3 is 0 Å². The zero-order valence-electron chi connectivity index (χ0n) is 11.0. The van der Waals surface area contributed by atoms with Crippen LogP contribution >= 0.6 is 0 Å². The van der Waals surface area contributed by atoms with Gasteiger partial charge < -0.3 is 4.74 Å². The second-order valence-electron chi connectivity index (χ2n) is 5.97. The maximum Gasteiger partial charge on any atom is 0.194 e. The molecule has 0 aromatic heterocycles. The second kappa shape index (κ2) is 3.16. The molecule has 0 aromatic rings. The number of Topliss-reactive ketones (excluding diaryl/α,β-unsaturated/α-hetero) is 1. The Morgan fingerprint density at radius 3 is 2.29 bits per heavy atom. The Bertz CT molecular complexity index is 464. The predicted molar refractivity (Wildman–Crippen MR) is 64.6 cm³/mol. The van der Waals surface area contributed by atoms with Crippen LogP contribution in [-0.4, -0.2) is 22.8 Å². The summed E-state index contributed by atoms with van der Waals surface area (Å²) < 4.78 is 5.51. The van der Waals surface area contributed by atoms with E-state index in [0.717, 1.165) is 5.57 Å². The Balaban J connectivity index is 2.45. The molecule has 1 aliphatic carbocycles. The summed E-state index contributed by atoms with van der Waals surface area (Å²) in [6, 6.07) is 0. The molecule has 0 aromatic carbocycles. The molecule has 3 nitrogen and oxygen atoms in total. The molecule has 1 heterocycles. The molecule has 1 spiro atoms. The Labute approximate surface area is 102 Å². The number of carbonyl (C=O) groups is 2. The van der Waals surface area contributed by atoms with Crippen molar-refractivity contribution in [3.8, 4) is 0 Å². The highest BCUT2D eigenvalue weighted by Gasteiger charge is 2.73. The van der Waals surface area contributed by atoms with Crippen LogP contribution in [0.1, 0.15) is 34.6 Å². The van der Waals surface area contributed by atoms with E-state index in [-0.39, 0.29) is 17.0 Å². The third-order valence-corrected chi connectivity index (χ3v) is 3.71. The molecule has 1 saturated heterocycles. The summed E-state index contributed by atoms with van der Waals surface area (Å²) in [6.07, 6.45) is 5.15. The van der Waals surface area contributed by atoms with Crippen molar-refractivity contribution in [3.05, 3.63) is 23.8 Å². The fourth-order valence-electron chi connectivity index (χ4n) is 2.18. The van der Waals surface area contributed by atoms with Crippen molar-refractivity contribution in [2.75, 3.05) is 0 Å². The van der Waals surface area contributed by atoms with Gasteiger partial charge in [-0.3, -0.25) is 9.59 Å². The van der Waals surface area contributed by atoms with E-state index in [1.807, 2.05) is 12.2 Å². The molecule has 1 unspecified atom stereocenters. The minimum Gasteiger partial charge on any atom is -0.341 e. The molecule has 1 aliphatic heterocycles. The van der Waals surface area contributed by atoms with Crippen LogP contribution in [0.4, 0.5) is 0 Å². The molecule has 2 atom stereocenters. The molecule has 3 heteroatoms. The zero-order valence-corrected chi connectivity index (χ0v) is 11.0. The van der Waals surface area contributed by atoms with Crippen molar-refractivity contribution in [1.82, 2.24) is 0 Å². The summed E-state index contributed by atoms with van der Waals surface area (Å²) >= 11 is 0. The topological polar surface area (TPSA) is 46.7 Å². The first-order valence-electron chi connectivity index (χ1n) is 5.80. The Kier molecular flexibility index (Phi) is 2.28. The van der Waals surface area contributed by atoms with Crippen LogP contribution in [0.5, 0.6) is 0 Å². The molecule has 0 saturated carbocycles. The summed E-state index contributed by atoms with van der Waals surface area (Å²) in [6.45, 7) is 9.36. The molecular formula is C14H18O3. The molecule has 2 aliphatic rings. The highest BCUT2D eigenvalue weighted by atomic mass is 16.6. The standard InChI is InChI=1S/C14H18O3/c1-9(15)13(5)14(17-13)8-10(12(2,3)4)6-7-11(14)16/h6-8H,1-5H3/t13-,14?/m0/s1. The van der Waals surface area contributed by atoms with E-state index in [9.17, 15) is 9.59 Å². The van der Waals surface area contributed by atoms with Gasteiger partial charge in [-0.05, 0) is 37.0 Å². The summed E-state index contributed by atoms with van der Waals surface area (Å²) in [5.74, 6) is -0.242. The van der Waals surface area contributed by atoms with Crippen molar-refractivity contribution in [3.63, 3.8) is 0 Å². The van der Waals surface area contributed by atoms with Gasteiger partial charge in [0, 0.05) is 0 Å². The van der Waals surface area contributed by atoms with Gasteiger partial charge in [-0.15, -0.1) is 0 Å². The zero-order chi connectivity index (χ0) is 13.1. The van der Waals surface area contributed by atoms with Crippen LogP contribution in [0.2, 0.25) is 0 Å². The molecule has 0 radical (unpaired) electrons. The molecule has 0 amide bonds. The Morgan fingerprint density at radius 2 is 1.88 bits per heavy atom. The average molecular weight is 234 g/mol. The number of rotatable bonds is 1. The fourth-order valence-corrected chi connectivity index (χ4v) is 2.18. The van der Waals surface area contributed by atoms with Crippen molar-refractivity contribution >= 4 is 11.6 Å². The maximum atomic E-state index is 12.0. The maximum absolute atomic E-state index is 12.0. The van der Waals surface area contributed by atoms with E-state index in [2.05, 4.69) is 20.8 Å². The van der Waals surface area contributed by atoms with Crippen LogP contribution in [0.15, 0.2) is 23.8 Å². The monoisotopic (exact) mass is 234 g/mol. The highest BCUT2D eigenvalue weighted by molar-refractivity contribution is 6.10. The Hall–Kier alpha value is -1.22. The minimum absolute atomic E-state index is 0.0617. The van der Waals surface area contributed by atoms with Crippen molar-refractivity contribution in [2.45, 2.75) is 45.8 Å². The lowest BCUT2D eigenvalue weighted by molar-refractivity contribution is -0.122. The minimum atomic E-state index is -1.05. The molecule has 0 N–H and O–H groups in total. The summed E-state index contributed by atoms with van der Waals surface area (Å²) in [5, 5.41) is 0. The largest absolute Gasteiger partial charge is 0.341 e. The van der Waals surface area contributed by atoms with Crippen LogP contribution < -0.4 is 0 Å². The quantitative estimate of drug-likeness (QED) is 0.653. The Morgan fingerprint density at radius 1 is 1.29 bits per heavy atom. The first-order valence-corrected chi connectivity index (χ1v) is 5.80. The van der Waals surface area contributed by atoms with E-state index < -0.39 is 11.2 Å². The van der Waals surface area contributed by atoms with E-state index in [1.165, 1.54) is 13.0 Å². The predicted octanol–water partition coefficient (Wildman–Crippen LogP) is 2.21. The lowest BCUT2D eigenvalue weighted by Gasteiger charge is -2.24. The third kappa shape index (κ3) is 1.53. The summed E-state index contributed by atoms with van der Waals surface area (Å²) in [4.78, 5) is 23.5. The number of epoxide rings is 1. The van der Waals surface area contributed by atoms with Gasteiger partial charge in [0.05, 0.1) is 0 Å². The van der Waals surface area contributed by atoms with Crippen LogP contribution in [0.25, 0.3) is 0 Å². The lowest BCUT2D eigenvalue weighted by Crippen LogP contribution is -2.36. The highest BCUT2D eigenvalue weighted by Crippen LogP contribution is 2.53. The molecule has 0 bridgehead atoms. The van der Waals surface area contributed by atoms with Gasteiger partial charge in [-0.25, -0.2) is 0 Å². The number of ketones is 2. The van der Waals surface area contributed by atoms with Crippen LogP contribution in [0, 0.1) is 5.41 Å².